The summed E-state index contributed by atoms with van der Waals surface area (Å²) in [5.41, 5.74) is 1.96. The van der Waals surface area contributed by atoms with E-state index in [4.69, 9.17) is 5.26 Å². The summed E-state index contributed by atoms with van der Waals surface area (Å²) in [6.07, 6.45) is 3.32. The highest BCUT2D eigenvalue weighted by Crippen LogP contribution is 2.33. The maximum atomic E-state index is 12.3. The minimum Gasteiger partial charge on any atom is -0.345 e. The van der Waals surface area contributed by atoms with Crippen LogP contribution in [-0.4, -0.2) is 56.7 Å². The van der Waals surface area contributed by atoms with Crippen molar-refractivity contribution >= 4 is 32.1 Å². The largest absolute Gasteiger partial charge is 0.345 e. The number of hydrogen-bond donors (Lipinski definition) is 1. The Kier molecular flexibility index (Phi) is 4.05. The van der Waals surface area contributed by atoms with Crippen LogP contribution >= 0.6 is 0 Å². The number of hydrogen-bond acceptors (Lipinski definition) is 7. The molecule has 0 aliphatic carbocycles. The fourth-order valence-electron chi connectivity index (χ4n) is 3.54. The number of piperidine rings is 1. The van der Waals surface area contributed by atoms with Gasteiger partial charge in [0, 0.05) is 30.6 Å². The van der Waals surface area contributed by atoms with Crippen LogP contribution in [0.2, 0.25) is 0 Å². The second-order valence-corrected chi connectivity index (χ2v) is 8.38. The number of aromatic amines is 1. The van der Waals surface area contributed by atoms with Crippen LogP contribution in [0.5, 0.6) is 0 Å². The summed E-state index contributed by atoms with van der Waals surface area (Å²) < 4.78 is 26.0. The maximum absolute atomic E-state index is 12.3. The van der Waals surface area contributed by atoms with Gasteiger partial charge in [-0.3, -0.25) is 0 Å². The second kappa shape index (κ2) is 6.26. The molecule has 0 spiro atoms. The van der Waals surface area contributed by atoms with E-state index in [1.54, 1.807) is 19.2 Å². The minimum absolute atomic E-state index is 0.0799. The van der Waals surface area contributed by atoms with Crippen molar-refractivity contribution in [2.75, 3.05) is 18.8 Å². The average Bonchev–Trinajstić information content (AvgIpc) is 3.09. The SMILES string of the molecule is Cc1nc(C2CCCN(S(=O)(=O)CC#N)C2)c2c(nnc3[nH]ccc32)n1. The van der Waals surface area contributed by atoms with Gasteiger partial charge >= 0.3 is 0 Å². The topological polar surface area (TPSA) is 129 Å². The highest BCUT2D eigenvalue weighted by molar-refractivity contribution is 7.89. The molecule has 1 N–H and O–H groups in total. The molecule has 134 valence electrons. The lowest BCUT2D eigenvalue weighted by Crippen LogP contribution is -2.40. The number of sulfonamides is 1. The number of aromatic nitrogens is 5. The summed E-state index contributed by atoms with van der Waals surface area (Å²) in [4.78, 5) is 12.1. The van der Waals surface area contributed by atoms with Crippen LogP contribution in [0.1, 0.15) is 30.3 Å². The smallest absolute Gasteiger partial charge is 0.227 e. The molecule has 10 heteroatoms. The molecule has 26 heavy (non-hydrogen) atoms. The highest BCUT2D eigenvalue weighted by Gasteiger charge is 2.31. The van der Waals surface area contributed by atoms with E-state index in [1.165, 1.54) is 4.31 Å². The Bertz CT molecular complexity index is 1130. The molecule has 4 heterocycles. The summed E-state index contributed by atoms with van der Waals surface area (Å²) in [5.74, 6) is -0.00557. The standard InChI is InChI=1S/C16H17N7O2S/c1-10-19-14(11-3-2-7-23(9-11)26(24,25)8-5-17)13-12-4-6-18-15(12)21-22-16(13)20-10/h4,6,11H,2-3,7-9H2,1H3,(H,18,21). The number of nitrogens with zero attached hydrogens (tertiary/aromatic N) is 6. The summed E-state index contributed by atoms with van der Waals surface area (Å²) in [6, 6.07) is 3.65. The number of nitrogens with one attached hydrogen (secondary N) is 1. The minimum atomic E-state index is -3.57. The Labute approximate surface area is 150 Å². The van der Waals surface area contributed by atoms with Crippen LogP contribution in [0.4, 0.5) is 0 Å². The number of fused-ring (bicyclic) bond motifs is 3. The second-order valence-electron chi connectivity index (χ2n) is 6.41. The van der Waals surface area contributed by atoms with E-state index >= 15 is 0 Å². The molecule has 0 aromatic carbocycles. The third-order valence-electron chi connectivity index (χ3n) is 4.68. The van der Waals surface area contributed by atoms with Gasteiger partial charge in [-0.05, 0) is 25.8 Å². The van der Waals surface area contributed by atoms with Gasteiger partial charge < -0.3 is 4.98 Å². The van der Waals surface area contributed by atoms with Crippen molar-refractivity contribution in [3.8, 4) is 6.07 Å². The van der Waals surface area contributed by atoms with Gasteiger partial charge in [-0.25, -0.2) is 22.7 Å². The van der Waals surface area contributed by atoms with Crippen molar-refractivity contribution in [1.29, 1.82) is 5.26 Å². The lowest BCUT2D eigenvalue weighted by Gasteiger charge is -2.31. The van der Waals surface area contributed by atoms with Crippen molar-refractivity contribution < 1.29 is 8.42 Å². The third kappa shape index (κ3) is 2.79. The first kappa shape index (κ1) is 16.8. The van der Waals surface area contributed by atoms with E-state index in [0.717, 1.165) is 22.9 Å². The normalized spacial score (nSPS) is 19.0. The predicted molar refractivity (Wildman–Crippen MR) is 94.7 cm³/mol. The zero-order valence-electron chi connectivity index (χ0n) is 14.2. The van der Waals surface area contributed by atoms with Crippen LogP contribution < -0.4 is 0 Å². The Morgan fingerprint density at radius 3 is 3.04 bits per heavy atom. The highest BCUT2D eigenvalue weighted by atomic mass is 32.2. The first-order valence-electron chi connectivity index (χ1n) is 8.32. The van der Waals surface area contributed by atoms with Gasteiger partial charge in [-0.2, -0.15) is 5.26 Å². The van der Waals surface area contributed by atoms with E-state index in [1.807, 2.05) is 6.07 Å². The van der Waals surface area contributed by atoms with E-state index in [-0.39, 0.29) is 5.92 Å². The van der Waals surface area contributed by atoms with Crippen LogP contribution in [0.3, 0.4) is 0 Å². The molecular formula is C16H17N7O2S. The summed E-state index contributed by atoms with van der Waals surface area (Å²) in [7, 11) is -3.57. The van der Waals surface area contributed by atoms with Gasteiger partial charge in [0.15, 0.2) is 17.0 Å². The molecule has 0 bridgehead atoms. The van der Waals surface area contributed by atoms with Gasteiger partial charge in [-0.15, -0.1) is 10.2 Å². The van der Waals surface area contributed by atoms with Crippen LogP contribution in [0.25, 0.3) is 22.1 Å². The molecule has 0 radical (unpaired) electrons. The maximum Gasteiger partial charge on any atom is 0.227 e. The van der Waals surface area contributed by atoms with E-state index in [0.29, 0.717) is 36.6 Å². The molecule has 0 saturated carbocycles. The Hall–Kier alpha value is -2.64. The Morgan fingerprint density at radius 2 is 2.23 bits per heavy atom. The van der Waals surface area contributed by atoms with E-state index < -0.39 is 15.8 Å². The quantitative estimate of drug-likeness (QED) is 0.733. The monoisotopic (exact) mass is 371 g/mol. The van der Waals surface area contributed by atoms with Crippen LogP contribution in [-0.2, 0) is 10.0 Å². The van der Waals surface area contributed by atoms with Gasteiger partial charge in [0.1, 0.15) is 5.82 Å². The van der Waals surface area contributed by atoms with Crippen molar-refractivity contribution in [3.63, 3.8) is 0 Å². The van der Waals surface area contributed by atoms with Crippen LogP contribution in [0.15, 0.2) is 12.3 Å². The molecule has 1 aliphatic heterocycles. The molecular weight excluding hydrogens is 354 g/mol. The first-order chi connectivity index (χ1) is 12.5. The summed E-state index contributed by atoms with van der Waals surface area (Å²) >= 11 is 0. The lowest BCUT2D eigenvalue weighted by atomic mass is 9.93. The first-order valence-corrected chi connectivity index (χ1v) is 9.93. The Morgan fingerprint density at radius 1 is 1.38 bits per heavy atom. The van der Waals surface area contributed by atoms with Crippen LogP contribution in [0, 0.1) is 18.3 Å². The summed E-state index contributed by atoms with van der Waals surface area (Å²) in [6.45, 7) is 2.53. The molecule has 4 rings (SSSR count). The van der Waals surface area contributed by atoms with Crippen molar-refractivity contribution in [2.24, 2.45) is 0 Å². The fourth-order valence-corrected chi connectivity index (χ4v) is 4.70. The number of aryl methyl sites for hydroxylation is 1. The molecule has 1 fully saturated rings. The zero-order valence-corrected chi connectivity index (χ0v) is 15.0. The van der Waals surface area contributed by atoms with Crippen molar-refractivity contribution in [3.05, 3.63) is 23.8 Å². The van der Waals surface area contributed by atoms with Crippen molar-refractivity contribution in [2.45, 2.75) is 25.7 Å². The molecule has 3 aromatic heterocycles. The van der Waals surface area contributed by atoms with Gasteiger partial charge in [-0.1, -0.05) is 0 Å². The molecule has 1 aliphatic rings. The molecule has 0 amide bonds. The predicted octanol–water partition coefficient (Wildman–Crippen LogP) is 1.24. The molecule has 1 atom stereocenters. The third-order valence-corrected chi connectivity index (χ3v) is 6.29. The lowest BCUT2D eigenvalue weighted by molar-refractivity contribution is 0.314. The number of nitriles is 1. The van der Waals surface area contributed by atoms with E-state index in [9.17, 15) is 8.42 Å². The molecule has 1 unspecified atom stereocenters. The van der Waals surface area contributed by atoms with Gasteiger partial charge in [0.05, 0.1) is 17.1 Å². The fraction of sp³-hybridized carbons (Fsp3) is 0.438. The molecule has 1 saturated heterocycles. The van der Waals surface area contributed by atoms with Gasteiger partial charge in [0.25, 0.3) is 0 Å². The average molecular weight is 371 g/mol. The van der Waals surface area contributed by atoms with E-state index in [2.05, 4.69) is 25.1 Å². The molecule has 3 aromatic rings. The van der Waals surface area contributed by atoms with Gasteiger partial charge in [0.2, 0.25) is 10.0 Å². The Balaban J connectivity index is 1.83. The molecule has 9 nitrogen and oxygen atoms in total. The number of rotatable bonds is 3. The number of H-pyrrole nitrogens is 1. The summed E-state index contributed by atoms with van der Waals surface area (Å²) in [5, 5.41) is 18.8. The zero-order chi connectivity index (χ0) is 18.3. The van der Waals surface area contributed by atoms with Crippen molar-refractivity contribution in [1.82, 2.24) is 29.5 Å².